The van der Waals surface area contributed by atoms with E-state index in [1.54, 1.807) is 17.0 Å². The van der Waals surface area contributed by atoms with Crippen LogP contribution in [0.5, 0.6) is 5.75 Å². The van der Waals surface area contributed by atoms with Crippen molar-refractivity contribution in [2.24, 2.45) is 5.92 Å². The van der Waals surface area contributed by atoms with Gasteiger partial charge in [-0.05, 0) is 43.9 Å². The Hall–Kier alpha value is -2.70. The third-order valence-corrected chi connectivity index (χ3v) is 4.44. The quantitative estimate of drug-likeness (QED) is 0.732. The van der Waals surface area contributed by atoms with Crippen molar-refractivity contribution in [1.29, 1.82) is 0 Å². The van der Waals surface area contributed by atoms with Gasteiger partial charge >= 0.3 is 0 Å². The predicted octanol–water partition coefficient (Wildman–Crippen LogP) is 2.12. The molecular formula is C17H20N6O. The Labute approximate surface area is 140 Å². The zero-order valence-electron chi connectivity index (χ0n) is 13.7. The van der Waals surface area contributed by atoms with E-state index >= 15 is 0 Å². The van der Waals surface area contributed by atoms with Crippen molar-refractivity contribution in [2.45, 2.75) is 19.8 Å². The van der Waals surface area contributed by atoms with Crippen LogP contribution >= 0.6 is 0 Å². The van der Waals surface area contributed by atoms with Crippen LogP contribution in [-0.2, 0) is 0 Å². The molecule has 7 heteroatoms. The monoisotopic (exact) mass is 324 g/mol. The fraction of sp³-hybridized carbons (Fsp3) is 0.412. The van der Waals surface area contributed by atoms with Crippen LogP contribution < -0.4 is 9.64 Å². The van der Waals surface area contributed by atoms with Gasteiger partial charge in [-0.15, -0.1) is 15.3 Å². The summed E-state index contributed by atoms with van der Waals surface area (Å²) in [7, 11) is 0. The van der Waals surface area contributed by atoms with Crippen LogP contribution in [0, 0.1) is 12.8 Å². The highest BCUT2D eigenvalue weighted by atomic mass is 16.5. The number of aromatic nitrogens is 5. The molecule has 1 saturated heterocycles. The highest BCUT2D eigenvalue weighted by Crippen LogP contribution is 2.23. The number of ether oxygens (including phenoxy) is 1. The Balaban J connectivity index is 1.33. The number of nitrogens with zero attached hydrogens (tertiary/aromatic N) is 6. The molecule has 4 rings (SSSR count). The molecule has 1 aliphatic rings. The first-order chi connectivity index (χ1) is 11.8. The summed E-state index contributed by atoms with van der Waals surface area (Å²) in [6.45, 7) is 4.72. The van der Waals surface area contributed by atoms with Gasteiger partial charge in [0, 0.05) is 31.0 Å². The van der Waals surface area contributed by atoms with Crippen LogP contribution in [0.4, 0.5) is 5.82 Å². The van der Waals surface area contributed by atoms with E-state index in [9.17, 15) is 0 Å². The number of hydrogen-bond acceptors (Lipinski definition) is 6. The molecule has 3 aromatic heterocycles. The van der Waals surface area contributed by atoms with Gasteiger partial charge in [-0.25, -0.2) is 0 Å². The molecule has 0 radical (unpaired) electrons. The maximum Gasteiger partial charge on any atom is 0.177 e. The molecule has 0 N–H and O–H groups in total. The van der Waals surface area contributed by atoms with Gasteiger partial charge < -0.3 is 9.64 Å². The Morgan fingerprint density at radius 1 is 1.21 bits per heavy atom. The molecule has 0 aromatic carbocycles. The van der Waals surface area contributed by atoms with Gasteiger partial charge in [0.05, 0.1) is 6.61 Å². The van der Waals surface area contributed by atoms with Crippen LogP contribution in [-0.4, -0.2) is 44.5 Å². The summed E-state index contributed by atoms with van der Waals surface area (Å²) in [5.74, 6) is 2.46. The number of aryl methyl sites for hydroxylation is 1. The SMILES string of the molecule is Cc1cc(OCC2CCN(c3ccc4nncn4n3)CC2)ccn1. The zero-order chi connectivity index (χ0) is 16.4. The molecule has 7 nitrogen and oxygen atoms in total. The van der Waals surface area contributed by atoms with Crippen molar-refractivity contribution < 1.29 is 4.74 Å². The van der Waals surface area contributed by atoms with E-state index in [0.717, 1.165) is 55.4 Å². The average Bonchev–Trinajstić information content (AvgIpc) is 3.08. The largest absolute Gasteiger partial charge is 0.493 e. The van der Waals surface area contributed by atoms with E-state index in [4.69, 9.17) is 4.74 Å². The topological polar surface area (TPSA) is 68.4 Å². The third-order valence-electron chi connectivity index (χ3n) is 4.44. The van der Waals surface area contributed by atoms with E-state index in [2.05, 4.69) is 25.2 Å². The number of fused-ring (bicyclic) bond motifs is 1. The lowest BCUT2D eigenvalue weighted by molar-refractivity contribution is 0.222. The third kappa shape index (κ3) is 3.15. The molecule has 0 spiro atoms. The van der Waals surface area contributed by atoms with Crippen molar-refractivity contribution in [3.63, 3.8) is 0 Å². The molecule has 0 unspecified atom stereocenters. The van der Waals surface area contributed by atoms with E-state index in [1.807, 2.05) is 31.2 Å². The average molecular weight is 324 g/mol. The van der Waals surface area contributed by atoms with Crippen LogP contribution in [0.3, 0.4) is 0 Å². The molecule has 1 aliphatic heterocycles. The second-order valence-electron chi connectivity index (χ2n) is 6.20. The van der Waals surface area contributed by atoms with Crippen LogP contribution in [0.1, 0.15) is 18.5 Å². The van der Waals surface area contributed by atoms with Crippen molar-refractivity contribution in [3.8, 4) is 5.75 Å². The second-order valence-corrected chi connectivity index (χ2v) is 6.20. The summed E-state index contributed by atoms with van der Waals surface area (Å²) in [5, 5.41) is 12.4. The Morgan fingerprint density at radius 2 is 2.08 bits per heavy atom. The van der Waals surface area contributed by atoms with Crippen molar-refractivity contribution >= 4 is 11.5 Å². The van der Waals surface area contributed by atoms with Crippen LogP contribution in [0.2, 0.25) is 0 Å². The highest BCUT2D eigenvalue weighted by Gasteiger charge is 2.21. The van der Waals surface area contributed by atoms with Gasteiger partial charge in [0.15, 0.2) is 5.65 Å². The first-order valence-electron chi connectivity index (χ1n) is 8.25. The Morgan fingerprint density at radius 3 is 2.92 bits per heavy atom. The Bertz CT molecular complexity index is 825. The fourth-order valence-electron chi connectivity index (χ4n) is 3.04. The number of piperidine rings is 1. The summed E-state index contributed by atoms with van der Waals surface area (Å²) < 4.78 is 7.64. The molecule has 124 valence electrons. The van der Waals surface area contributed by atoms with E-state index < -0.39 is 0 Å². The standard InChI is InChI=1S/C17H20N6O/c1-13-10-15(4-7-18-13)24-11-14-5-8-22(9-6-14)17-3-2-16-20-19-12-23(16)21-17/h2-4,7,10,12,14H,5-6,8-9,11H2,1H3. The lowest BCUT2D eigenvalue weighted by Crippen LogP contribution is -2.36. The van der Waals surface area contributed by atoms with Crippen molar-refractivity contribution in [3.05, 3.63) is 42.5 Å². The maximum absolute atomic E-state index is 5.92. The summed E-state index contributed by atoms with van der Waals surface area (Å²) in [6.07, 6.45) is 5.63. The minimum Gasteiger partial charge on any atom is -0.493 e. The normalized spacial score (nSPS) is 15.8. The van der Waals surface area contributed by atoms with Crippen LogP contribution in [0.15, 0.2) is 36.8 Å². The van der Waals surface area contributed by atoms with E-state index in [1.165, 1.54) is 0 Å². The van der Waals surface area contributed by atoms with E-state index in [-0.39, 0.29) is 0 Å². The fourth-order valence-corrected chi connectivity index (χ4v) is 3.04. The number of anilines is 1. The first-order valence-corrected chi connectivity index (χ1v) is 8.25. The summed E-state index contributed by atoms with van der Waals surface area (Å²) in [5.41, 5.74) is 1.76. The minimum atomic E-state index is 0.577. The maximum atomic E-state index is 5.92. The molecule has 0 aliphatic carbocycles. The predicted molar refractivity (Wildman–Crippen MR) is 90.2 cm³/mol. The van der Waals surface area contributed by atoms with Gasteiger partial charge in [-0.2, -0.15) is 4.52 Å². The molecule has 4 heterocycles. The van der Waals surface area contributed by atoms with Gasteiger partial charge in [-0.1, -0.05) is 0 Å². The van der Waals surface area contributed by atoms with Crippen molar-refractivity contribution in [1.82, 2.24) is 24.8 Å². The zero-order valence-corrected chi connectivity index (χ0v) is 13.7. The summed E-state index contributed by atoms with van der Waals surface area (Å²) in [6, 6.07) is 7.87. The molecule has 24 heavy (non-hydrogen) atoms. The van der Waals surface area contributed by atoms with Gasteiger partial charge in [0.1, 0.15) is 17.9 Å². The lowest BCUT2D eigenvalue weighted by Gasteiger charge is -2.32. The molecule has 0 atom stereocenters. The Kier molecular flexibility index (Phi) is 3.98. The first kappa shape index (κ1) is 14.9. The molecule has 1 fully saturated rings. The molecule has 0 saturated carbocycles. The number of pyridine rings is 1. The van der Waals surface area contributed by atoms with Crippen molar-refractivity contribution in [2.75, 3.05) is 24.6 Å². The number of hydrogen-bond donors (Lipinski definition) is 0. The van der Waals surface area contributed by atoms with Gasteiger partial charge in [-0.3, -0.25) is 4.98 Å². The molecule has 0 amide bonds. The molecule has 3 aromatic rings. The smallest absolute Gasteiger partial charge is 0.177 e. The van der Waals surface area contributed by atoms with E-state index in [0.29, 0.717) is 5.92 Å². The molecule has 0 bridgehead atoms. The molecular weight excluding hydrogens is 304 g/mol. The number of rotatable bonds is 4. The second kappa shape index (κ2) is 6.43. The lowest BCUT2D eigenvalue weighted by atomic mass is 9.98. The summed E-state index contributed by atoms with van der Waals surface area (Å²) >= 11 is 0. The van der Waals surface area contributed by atoms with Gasteiger partial charge in [0.2, 0.25) is 0 Å². The summed E-state index contributed by atoms with van der Waals surface area (Å²) in [4.78, 5) is 6.50. The van der Waals surface area contributed by atoms with Crippen LogP contribution in [0.25, 0.3) is 5.65 Å². The minimum absolute atomic E-state index is 0.577. The van der Waals surface area contributed by atoms with Gasteiger partial charge in [0.25, 0.3) is 0 Å². The highest BCUT2D eigenvalue weighted by molar-refractivity contribution is 5.45.